The second kappa shape index (κ2) is 9.32. The fraction of sp³-hybridized carbons (Fsp3) is 0.273. The van der Waals surface area contributed by atoms with Gasteiger partial charge in [0.1, 0.15) is 12.1 Å². The lowest BCUT2D eigenvalue weighted by Crippen LogP contribution is -2.29. The summed E-state index contributed by atoms with van der Waals surface area (Å²) in [5.41, 5.74) is 1.75. The first-order valence-electron chi connectivity index (χ1n) is 9.89. The minimum atomic E-state index is -0.0145. The third-order valence-corrected chi connectivity index (χ3v) is 4.91. The van der Waals surface area contributed by atoms with E-state index < -0.39 is 0 Å². The number of rotatable bonds is 9. The normalized spacial score (nSPS) is 11.1. The Labute approximate surface area is 174 Å². The molecule has 154 valence electrons. The number of methoxy groups -OCH3 is 1. The van der Waals surface area contributed by atoms with Gasteiger partial charge in [0.15, 0.2) is 5.65 Å². The van der Waals surface area contributed by atoms with E-state index in [1.165, 1.54) is 6.33 Å². The minimum absolute atomic E-state index is 0.0145. The summed E-state index contributed by atoms with van der Waals surface area (Å²) >= 11 is 0. The molecule has 0 aliphatic rings. The first-order chi connectivity index (χ1) is 14.8. The molecular weight excluding hydrogens is 380 g/mol. The molecule has 2 heterocycles. The molecule has 0 fully saturated rings. The molecule has 0 bridgehead atoms. The van der Waals surface area contributed by atoms with Gasteiger partial charge in [-0.05, 0) is 16.3 Å². The third kappa shape index (κ3) is 4.38. The van der Waals surface area contributed by atoms with Crippen molar-refractivity contribution in [2.45, 2.75) is 13.0 Å². The van der Waals surface area contributed by atoms with Crippen molar-refractivity contribution < 1.29 is 9.53 Å². The van der Waals surface area contributed by atoms with Gasteiger partial charge in [-0.25, -0.2) is 14.6 Å². The number of nitrogens with one attached hydrogen (secondary N) is 2. The Balaban J connectivity index is 1.36. The topological polar surface area (TPSA) is 94.0 Å². The van der Waals surface area contributed by atoms with Crippen molar-refractivity contribution >= 4 is 33.5 Å². The average molecular weight is 404 g/mol. The van der Waals surface area contributed by atoms with E-state index in [0.717, 1.165) is 33.2 Å². The lowest BCUT2D eigenvalue weighted by Gasteiger charge is -2.09. The van der Waals surface area contributed by atoms with E-state index in [4.69, 9.17) is 4.74 Å². The predicted molar refractivity (Wildman–Crippen MR) is 116 cm³/mol. The van der Waals surface area contributed by atoms with Crippen LogP contribution in [0.15, 0.2) is 55.0 Å². The molecule has 0 atom stereocenters. The van der Waals surface area contributed by atoms with E-state index in [0.29, 0.717) is 32.7 Å². The number of anilines is 1. The fourth-order valence-corrected chi connectivity index (χ4v) is 3.45. The molecule has 0 aliphatic carbocycles. The Bertz CT molecular complexity index is 1150. The van der Waals surface area contributed by atoms with Crippen LogP contribution in [0.4, 0.5) is 5.82 Å². The molecule has 0 saturated carbocycles. The van der Waals surface area contributed by atoms with Gasteiger partial charge in [-0.1, -0.05) is 42.5 Å². The van der Waals surface area contributed by atoms with Gasteiger partial charge in [-0.3, -0.25) is 4.79 Å². The lowest BCUT2D eigenvalue weighted by atomic mass is 10.0. The molecule has 0 spiro atoms. The van der Waals surface area contributed by atoms with Crippen LogP contribution in [0, 0.1) is 0 Å². The monoisotopic (exact) mass is 404 g/mol. The van der Waals surface area contributed by atoms with Crippen LogP contribution >= 0.6 is 0 Å². The smallest absolute Gasteiger partial charge is 0.224 e. The third-order valence-electron chi connectivity index (χ3n) is 4.91. The van der Waals surface area contributed by atoms with Crippen molar-refractivity contribution in [3.63, 3.8) is 0 Å². The van der Waals surface area contributed by atoms with E-state index in [2.05, 4.69) is 37.8 Å². The highest BCUT2D eigenvalue weighted by atomic mass is 16.5. The molecule has 0 radical (unpaired) electrons. The number of carbonyl (C=O) groups is 1. The number of fused-ring (bicyclic) bond motifs is 2. The second-order valence-corrected chi connectivity index (χ2v) is 6.91. The minimum Gasteiger partial charge on any atom is -0.383 e. The zero-order valence-corrected chi connectivity index (χ0v) is 16.8. The summed E-state index contributed by atoms with van der Waals surface area (Å²) in [6.45, 7) is 2.23. The second-order valence-electron chi connectivity index (χ2n) is 6.91. The number of ether oxygens (including phenoxy) is 1. The number of nitrogens with zero attached hydrogens (tertiary/aromatic N) is 4. The number of hydrogen-bond donors (Lipinski definition) is 2. The van der Waals surface area contributed by atoms with E-state index in [1.54, 1.807) is 18.0 Å². The van der Waals surface area contributed by atoms with Crippen LogP contribution in [0.3, 0.4) is 0 Å². The molecule has 2 aromatic heterocycles. The summed E-state index contributed by atoms with van der Waals surface area (Å²) in [5.74, 6) is 0.711. The SMILES string of the molecule is COCCNc1ncnc2c1cnn2CCNC(=O)Cc1cccc2ccccc12. The number of benzene rings is 2. The van der Waals surface area contributed by atoms with E-state index in [1.807, 2.05) is 30.3 Å². The number of carbonyl (C=O) groups excluding carboxylic acids is 1. The fourth-order valence-electron chi connectivity index (χ4n) is 3.45. The molecule has 4 aromatic rings. The molecule has 8 heteroatoms. The summed E-state index contributed by atoms with van der Waals surface area (Å²) in [7, 11) is 1.66. The van der Waals surface area contributed by atoms with Gasteiger partial charge in [-0.15, -0.1) is 0 Å². The van der Waals surface area contributed by atoms with Crippen molar-refractivity contribution in [1.82, 2.24) is 25.1 Å². The van der Waals surface area contributed by atoms with Gasteiger partial charge in [0.25, 0.3) is 0 Å². The van der Waals surface area contributed by atoms with Gasteiger partial charge >= 0.3 is 0 Å². The molecule has 2 aromatic carbocycles. The Kier molecular flexibility index (Phi) is 6.14. The Morgan fingerprint density at radius 3 is 2.83 bits per heavy atom. The lowest BCUT2D eigenvalue weighted by molar-refractivity contribution is -0.120. The van der Waals surface area contributed by atoms with Crippen LogP contribution < -0.4 is 10.6 Å². The first kappa shape index (κ1) is 19.8. The highest BCUT2D eigenvalue weighted by molar-refractivity contribution is 5.90. The molecule has 30 heavy (non-hydrogen) atoms. The van der Waals surface area contributed by atoms with Crippen molar-refractivity contribution in [2.24, 2.45) is 0 Å². The molecule has 0 unspecified atom stereocenters. The highest BCUT2D eigenvalue weighted by Gasteiger charge is 2.10. The summed E-state index contributed by atoms with van der Waals surface area (Å²) in [6, 6.07) is 14.1. The summed E-state index contributed by atoms with van der Waals surface area (Å²) in [6.07, 6.45) is 3.59. The van der Waals surface area contributed by atoms with Crippen LogP contribution in [0.25, 0.3) is 21.8 Å². The number of amides is 1. The molecule has 0 saturated heterocycles. The average Bonchev–Trinajstić information content (AvgIpc) is 3.18. The predicted octanol–water partition coefficient (Wildman–Crippen LogP) is 2.40. The van der Waals surface area contributed by atoms with Gasteiger partial charge in [-0.2, -0.15) is 5.10 Å². The molecule has 0 aliphatic heterocycles. The summed E-state index contributed by atoms with van der Waals surface area (Å²) < 4.78 is 6.83. The van der Waals surface area contributed by atoms with Crippen molar-refractivity contribution in [2.75, 3.05) is 32.1 Å². The van der Waals surface area contributed by atoms with Gasteiger partial charge in [0, 0.05) is 20.2 Å². The van der Waals surface area contributed by atoms with E-state index >= 15 is 0 Å². The Morgan fingerprint density at radius 2 is 1.93 bits per heavy atom. The molecule has 2 N–H and O–H groups in total. The Hall–Kier alpha value is -3.52. The van der Waals surface area contributed by atoms with Crippen LogP contribution in [-0.2, 0) is 22.5 Å². The van der Waals surface area contributed by atoms with Crippen molar-refractivity contribution in [3.8, 4) is 0 Å². The largest absolute Gasteiger partial charge is 0.383 e. The molecular formula is C22H24N6O2. The molecule has 8 nitrogen and oxygen atoms in total. The zero-order chi connectivity index (χ0) is 20.8. The maximum absolute atomic E-state index is 12.5. The van der Waals surface area contributed by atoms with E-state index in [-0.39, 0.29) is 5.91 Å². The van der Waals surface area contributed by atoms with Crippen LogP contribution in [0.1, 0.15) is 5.56 Å². The number of hydrogen-bond acceptors (Lipinski definition) is 6. The highest BCUT2D eigenvalue weighted by Crippen LogP contribution is 2.19. The van der Waals surface area contributed by atoms with Crippen LogP contribution in [0.2, 0.25) is 0 Å². The first-order valence-corrected chi connectivity index (χ1v) is 9.89. The van der Waals surface area contributed by atoms with Gasteiger partial charge in [0.05, 0.1) is 31.2 Å². The maximum atomic E-state index is 12.5. The zero-order valence-electron chi connectivity index (χ0n) is 16.8. The standard InChI is InChI=1S/C22H24N6O2/c1-30-12-10-24-21-19-14-27-28(22(19)26-15-25-21)11-9-23-20(29)13-17-7-4-6-16-5-2-3-8-18(16)17/h2-8,14-15H,9-13H2,1H3,(H,23,29)(H,24,25,26). The van der Waals surface area contributed by atoms with Crippen LogP contribution in [0.5, 0.6) is 0 Å². The van der Waals surface area contributed by atoms with E-state index in [9.17, 15) is 4.79 Å². The maximum Gasteiger partial charge on any atom is 0.224 e. The number of aromatic nitrogens is 4. The van der Waals surface area contributed by atoms with Crippen LogP contribution in [-0.4, -0.2) is 52.5 Å². The molecule has 4 rings (SSSR count). The Morgan fingerprint density at radius 1 is 1.07 bits per heavy atom. The summed E-state index contributed by atoms with van der Waals surface area (Å²) in [4.78, 5) is 21.1. The molecule has 1 amide bonds. The van der Waals surface area contributed by atoms with Crippen molar-refractivity contribution in [3.05, 3.63) is 60.6 Å². The van der Waals surface area contributed by atoms with Gasteiger partial charge < -0.3 is 15.4 Å². The summed E-state index contributed by atoms with van der Waals surface area (Å²) in [5, 5.41) is 13.7. The van der Waals surface area contributed by atoms with Gasteiger partial charge in [0.2, 0.25) is 5.91 Å². The van der Waals surface area contributed by atoms with Crippen molar-refractivity contribution in [1.29, 1.82) is 0 Å². The quantitative estimate of drug-likeness (QED) is 0.416.